The van der Waals surface area contributed by atoms with Gasteiger partial charge in [-0.3, -0.25) is 0 Å². The predicted octanol–water partition coefficient (Wildman–Crippen LogP) is 3.49. The predicted molar refractivity (Wildman–Crippen MR) is 74.3 cm³/mol. The first-order valence-electron chi connectivity index (χ1n) is 6.74. The van der Waals surface area contributed by atoms with Crippen molar-refractivity contribution in [3.05, 3.63) is 29.8 Å². The van der Waals surface area contributed by atoms with E-state index in [1.54, 1.807) is 0 Å². The first-order valence-corrected chi connectivity index (χ1v) is 6.74. The molecule has 1 N–H and O–H groups in total. The van der Waals surface area contributed by atoms with Crippen molar-refractivity contribution in [1.82, 2.24) is 4.90 Å². The van der Waals surface area contributed by atoms with Crippen molar-refractivity contribution in [2.45, 2.75) is 44.7 Å². The maximum absolute atomic E-state index is 3.68. The second-order valence-electron chi connectivity index (χ2n) is 5.42. The number of nitrogens with one attached hydrogen (secondary N) is 1. The fraction of sp³-hybridized carbons (Fsp3) is 0.600. The lowest BCUT2D eigenvalue weighted by molar-refractivity contribution is 0.402. The van der Waals surface area contributed by atoms with Gasteiger partial charge in [0.2, 0.25) is 0 Å². The van der Waals surface area contributed by atoms with E-state index in [1.807, 2.05) is 0 Å². The Labute approximate surface area is 105 Å². The minimum Gasteiger partial charge on any atom is -0.382 e. The zero-order chi connectivity index (χ0) is 12.1. The molecule has 0 unspecified atom stereocenters. The summed E-state index contributed by atoms with van der Waals surface area (Å²) in [7, 11) is 4.22. The molecule has 0 aliphatic heterocycles. The zero-order valence-corrected chi connectivity index (χ0v) is 11.1. The van der Waals surface area contributed by atoms with Crippen molar-refractivity contribution in [3.8, 4) is 0 Å². The van der Waals surface area contributed by atoms with Gasteiger partial charge in [0.25, 0.3) is 0 Å². The van der Waals surface area contributed by atoms with Crippen LogP contribution in [0.15, 0.2) is 24.3 Å². The minimum absolute atomic E-state index is 0.693. The van der Waals surface area contributed by atoms with E-state index in [0.717, 1.165) is 6.54 Å². The first kappa shape index (κ1) is 12.4. The Kier molecular flexibility index (Phi) is 4.43. The summed E-state index contributed by atoms with van der Waals surface area (Å²) in [6, 6.07) is 9.52. The van der Waals surface area contributed by atoms with Gasteiger partial charge >= 0.3 is 0 Å². The lowest BCUT2D eigenvalue weighted by atomic mass is 9.95. The van der Waals surface area contributed by atoms with E-state index in [0.29, 0.717) is 6.04 Å². The highest BCUT2D eigenvalue weighted by Gasteiger charge is 2.12. The number of hydrogen-bond acceptors (Lipinski definition) is 2. The molecule has 0 amide bonds. The van der Waals surface area contributed by atoms with Crippen LogP contribution < -0.4 is 5.32 Å². The van der Waals surface area contributed by atoms with Crippen molar-refractivity contribution in [1.29, 1.82) is 0 Å². The summed E-state index contributed by atoms with van der Waals surface area (Å²) in [5.41, 5.74) is 2.67. The fourth-order valence-corrected chi connectivity index (χ4v) is 2.61. The van der Waals surface area contributed by atoms with Crippen molar-refractivity contribution in [2.75, 3.05) is 19.4 Å². The third-order valence-corrected chi connectivity index (χ3v) is 3.40. The normalized spacial score (nSPS) is 17.4. The SMILES string of the molecule is CN(C)Cc1cccc(NC2CCCCC2)c1. The molecule has 94 valence electrons. The van der Waals surface area contributed by atoms with Gasteiger partial charge in [-0.25, -0.2) is 0 Å². The molecular weight excluding hydrogens is 208 g/mol. The molecule has 2 heteroatoms. The van der Waals surface area contributed by atoms with Gasteiger partial charge in [0.15, 0.2) is 0 Å². The number of rotatable bonds is 4. The van der Waals surface area contributed by atoms with Gasteiger partial charge in [-0.15, -0.1) is 0 Å². The molecule has 1 aliphatic carbocycles. The molecule has 0 heterocycles. The molecule has 1 saturated carbocycles. The molecule has 1 aromatic carbocycles. The van der Waals surface area contributed by atoms with Crippen LogP contribution in [0.3, 0.4) is 0 Å². The topological polar surface area (TPSA) is 15.3 Å². The number of hydrogen-bond donors (Lipinski definition) is 1. The zero-order valence-electron chi connectivity index (χ0n) is 11.1. The maximum atomic E-state index is 3.68. The van der Waals surface area contributed by atoms with E-state index in [2.05, 4.69) is 48.6 Å². The smallest absolute Gasteiger partial charge is 0.0345 e. The molecule has 1 aromatic rings. The quantitative estimate of drug-likeness (QED) is 0.855. The van der Waals surface area contributed by atoms with Crippen LogP contribution in [0.4, 0.5) is 5.69 Å². The van der Waals surface area contributed by atoms with Crippen LogP contribution in [0.2, 0.25) is 0 Å². The monoisotopic (exact) mass is 232 g/mol. The Bertz CT molecular complexity index is 341. The lowest BCUT2D eigenvalue weighted by Gasteiger charge is -2.24. The average Bonchev–Trinajstić information content (AvgIpc) is 2.30. The molecule has 2 nitrogen and oxygen atoms in total. The standard InChI is InChI=1S/C15H24N2/c1-17(2)12-13-7-6-10-15(11-13)16-14-8-4-3-5-9-14/h6-7,10-11,14,16H,3-5,8-9,12H2,1-2H3. The van der Waals surface area contributed by atoms with E-state index >= 15 is 0 Å². The van der Waals surface area contributed by atoms with Gasteiger partial charge in [0, 0.05) is 18.3 Å². The van der Waals surface area contributed by atoms with Crippen LogP contribution >= 0.6 is 0 Å². The van der Waals surface area contributed by atoms with Crippen LogP contribution in [0, 0.1) is 0 Å². The molecule has 0 spiro atoms. The molecular formula is C15H24N2. The highest BCUT2D eigenvalue weighted by atomic mass is 15.0. The second kappa shape index (κ2) is 6.06. The van der Waals surface area contributed by atoms with Gasteiger partial charge in [0.1, 0.15) is 0 Å². The maximum Gasteiger partial charge on any atom is 0.0345 e. The molecule has 0 saturated heterocycles. The summed E-state index contributed by atoms with van der Waals surface area (Å²) in [5, 5.41) is 3.68. The largest absolute Gasteiger partial charge is 0.382 e. The first-order chi connectivity index (χ1) is 8.24. The Hall–Kier alpha value is -1.02. The Morgan fingerprint density at radius 1 is 1.18 bits per heavy atom. The Morgan fingerprint density at radius 2 is 1.94 bits per heavy atom. The van der Waals surface area contributed by atoms with Crippen LogP contribution in [0.5, 0.6) is 0 Å². The summed E-state index contributed by atoms with van der Waals surface area (Å²) in [5.74, 6) is 0. The van der Waals surface area contributed by atoms with E-state index < -0.39 is 0 Å². The third kappa shape index (κ3) is 4.04. The van der Waals surface area contributed by atoms with Gasteiger partial charge in [-0.2, -0.15) is 0 Å². The summed E-state index contributed by atoms with van der Waals surface area (Å²) >= 11 is 0. The van der Waals surface area contributed by atoms with E-state index in [9.17, 15) is 0 Å². The van der Waals surface area contributed by atoms with Crippen molar-refractivity contribution < 1.29 is 0 Å². The summed E-state index contributed by atoms with van der Waals surface area (Å²) in [4.78, 5) is 2.21. The van der Waals surface area contributed by atoms with Crippen LogP contribution in [-0.4, -0.2) is 25.0 Å². The molecule has 0 aromatic heterocycles. The fourth-order valence-electron chi connectivity index (χ4n) is 2.61. The highest BCUT2D eigenvalue weighted by molar-refractivity contribution is 5.46. The third-order valence-electron chi connectivity index (χ3n) is 3.40. The minimum atomic E-state index is 0.693. The van der Waals surface area contributed by atoms with E-state index in [-0.39, 0.29) is 0 Å². The average molecular weight is 232 g/mol. The molecule has 0 bridgehead atoms. The second-order valence-corrected chi connectivity index (χ2v) is 5.42. The summed E-state index contributed by atoms with van der Waals surface area (Å²) in [6.07, 6.45) is 6.85. The summed E-state index contributed by atoms with van der Waals surface area (Å²) in [6.45, 7) is 1.01. The number of anilines is 1. The van der Waals surface area contributed by atoms with E-state index in [1.165, 1.54) is 43.4 Å². The lowest BCUT2D eigenvalue weighted by Crippen LogP contribution is -2.22. The van der Waals surface area contributed by atoms with Crippen LogP contribution in [0.25, 0.3) is 0 Å². The van der Waals surface area contributed by atoms with Gasteiger partial charge < -0.3 is 10.2 Å². The molecule has 0 radical (unpaired) electrons. The van der Waals surface area contributed by atoms with Crippen molar-refractivity contribution >= 4 is 5.69 Å². The van der Waals surface area contributed by atoms with Gasteiger partial charge in [0.05, 0.1) is 0 Å². The molecule has 17 heavy (non-hydrogen) atoms. The number of benzene rings is 1. The Morgan fingerprint density at radius 3 is 2.65 bits per heavy atom. The van der Waals surface area contributed by atoms with Crippen molar-refractivity contribution in [3.63, 3.8) is 0 Å². The van der Waals surface area contributed by atoms with Gasteiger partial charge in [-0.05, 0) is 44.6 Å². The van der Waals surface area contributed by atoms with Gasteiger partial charge in [-0.1, -0.05) is 31.4 Å². The van der Waals surface area contributed by atoms with Crippen molar-refractivity contribution in [2.24, 2.45) is 0 Å². The van der Waals surface area contributed by atoms with Crippen LogP contribution in [-0.2, 0) is 6.54 Å². The molecule has 0 atom stereocenters. The van der Waals surface area contributed by atoms with Crippen LogP contribution in [0.1, 0.15) is 37.7 Å². The Balaban J connectivity index is 1.95. The summed E-state index contributed by atoms with van der Waals surface area (Å²) < 4.78 is 0. The van der Waals surface area contributed by atoms with E-state index in [4.69, 9.17) is 0 Å². The highest BCUT2D eigenvalue weighted by Crippen LogP contribution is 2.22. The molecule has 1 fully saturated rings. The molecule has 2 rings (SSSR count). The number of nitrogens with zero attached hydrogens (tertiary/aromatic N) is 1. The molecule has 1 aliphatic rings.